The van der Waals surface area contributed by atoms with Gasteiger partial charge in [0.15, 0.2) is 11.5 Å². The number of fused-ring (bicyclic) bond motifs is 1. The van der Waals surface area contributed by atoms with E-state index >= 15 is 0 Å². The monoisotopic (exact) mass is 673 g/mol. The van der Waals surface area contributed by atoms with Crippen molar-refractivity contribution in [1.29, 1.82) is 0 Å². The Morgan fingerprint density at radius 3 is 2.57 bits per heavy atom. The van der Waals surface area contributed by atoms with Crippen molar-refractivity contribution in [2.24, 2.45) is 22.4 Å². The first-order chi connectivity index (χ1) is 23.6. The van der Waals surface area contributed by atoms with Gasteiger partial charge in [0.2, 0.25) is 6.73 Å². The average molecular weight is 674 g/mol. The summed E-state index contributed by atoms with van der Waals surface area (Å²) in [5, 5.41) is 31.8. The zero-order valence-electron chi connectivity index (χ0n) is 29.4. The smallest absolute Gasteiger partial charge is 0.227 e. The number of nitrogens with one attached hydrogen (secondary N) is 1. The second kappa shape index (κ2) is 17.1. The third kappa shape index (κ3) is 8.88. The van der Waals surface area contributed by atoms with E-state index in [0.29, 0.717) is 38.3 Å². The average Bonchev–Trinajstić information content (AvgIpc) is 3.83. The van der Waals surface area contributed by atoms with Gasteiger partial charge in [0.25, 0.3) is 0 Å². The maximum Gasteiger partial charge on any atom is 0.227 e. The molecular formula is C40H57N4O5+. The first-order valence-electron chi connectivity index (χ1n) is 18.4. The molecule has 0 spiro atoms. The van der Waals surface area contributed by atoms with Gasteiger partial charge in [-0.1, -0.05) is 82.7 Å². The molecule has 2 aromatic carbocycles. The van der Waals surface area contributed by atoms with Crippen molar-refractivity contribution in [2.45, 2.75) is 121 Å². The van der Waals surface area contributed by atoms with Crippen LogP contribution in [0.15, 0.2) is 71.0 Å². The number of aliphatic hydroxyl groups is 2. The Morgan fingerprint density at radius 2 is 1.84 bits per heavy atom. The molecule has 49 heavy (non-hydrogen) atoms. The second-order valence-electron chi connectivity index (χ2n) is 14.4. The summed E-state index contributed by atoms with van der Waals surface area (Å²) in [6.07, 6.45) is 12.7. The fourth-order valence-corrected chi connectivity index (χ4v) is 7.95. The predicted octanol–water partition coefficient (Wildman–Crippen LogP) is 4.89. The first-order valence-corrected chi connectivity index (χ1v) is 18.4. The molecule has 1 aliphatic carbocycles. The number of quaternary nitrogens is 1. The van der Waals surface area contributed by atoms with Crippen molar-refractivity contribution in [3.8, 4) is 11.5 Å². The topological polar surface area (TPSA) is 156 Å². The quantitative estimate of drug-likeness (QED) is 0.0917. The zero-order valence-corrected chi connectivity index (χ0v) is 29.4. The number of ether oxygens (including phenoxy) is 1. The summed E-state index contributed by atoms with van der Waals surface area (Å²) in [6.45, 7) is 5.13. The van der Waals surface area contributed by atoms with Crippen LogP contribution >= 0.6 is 0 Å². The summed E-state index contributed by atoms with van der Waals surface area (Å²) >= 11 is 0. The first kappa shape index (κ1) is 36.9. The molecule has 2 aromatic rings. The molecule has 3 aliphatic rings. The van der Waals surface area contributed by atoms with Crippen LogP contribution in [0.25, 0.3) is 0 Å². The fourth-order valence-electron chi connectivity index (χ4n) is 7.95. The maximum atomic E-state index is 13.4. The Labute approximate surface area is 291 Å². The van der Waals surface area contributed by atoms with Gasteiger partial charge in [-0.25, -0.2) is 0 Å². The normalized spacial score (nSPS) is 20.1. The van der Waals surface area contributed by atoms with Crippen LogP contribution in [0.3, 0.4) is 0 Å². The number of carbonyl (C=O) groups excluding carboxylic acids is 1. The van der Waals surface area contributed by atoms with Crippen molar-refractivity contribution in [3.05, 3.63) is 82.7 Å². The number of aromatic hydroxyl groups is 1. The Kier molecular flexibility index (Phi) is 12.8. The largest absolute Gasteiger partial charge is 0.504 e. The molecule has 0 saturated heterocycles. The molecule has 9 nitrogen and oxygen atoms in total. The van der Waals surface area contributed by atoms with Crippen molar-refractivity contribution < 1.29 is 29.8 Å². The molecule has 4 atom stereocenters. The molecule has 4 unspecified atom stereocenters. The van der Waals surface area contributed by atoms with Crippen molar-refractivity contribution in [2.75, 3.05) is 13.3 Å². The maximum absolute atomic E-state index is 13.4. The molecule has 0 amide bonds. The molecule has 9 heteroatoms. The standard InChI is InChI=1S/C40H56N4O5/c1-3-5-6-13-31(37(48)22-30(45)10-4-2)35(46)16-14-27-15-17-36(47)38(20-27)49-26-44-24-32-33(23-43-34(32)25-44)40(18-7-8-19-40)29-12-9-11-28(21-29)39(41)42/h9,11-12,15,17,20-21,23-24,30-31,37,39,45,47-48H,3-8,10,13-14,16,18-19,22,25-26,41-42H2,1-2H3/p+1. The number of hydrogen-bond donors (Lipinski definition) is 6. The van der Waals surface area contributed by atoms with Crippen LogP contribution in [0.5, 0.6) is 11.5 Å². The van der Waals surface area contributed by atoms with E-state index < -0.39 is 24.3 Å². The van der Waals surface area contributed by atoms with Gasteiger partial charge in [0.1, 0.15) is 24.2 Å². The number of allylic oxidation sites excluding steroid dienone is 1. The highest BCUT2D eigenvalue weighted by atomic mass is 16.5. The van der Waals surface area contributed by atoms with Gasteiger partial charge in [-0.05, 0) is 72.9 Å². The van der Waals surface area contributed by atoms with E-state index in [1.165, 1.54) is 16.7 Å². The van der Waals surface area contributed by atoms with E-state index in [0.717, 1.165) is 73.1 Å². The molecule has 0 bridgehead atoms. The highest BCUT2D eigenvalue weighted by Gasteiger charge is 2.45. The lowest BCUT2D eigenvalue weighted by Crippen LogP contribution is -3.07. The van der Waals surface area contributed by atoms with E-state index in [1.54, 1.807) is 6.07 Å². The van der Waals surface area contributed by atoms with Crippen LogP contribution < -0.4 is 21.1 Å². The summed E-state index contributed by atoms with van der Waals surface area (Å²) in [5.41, 5.74) is 18.5. The lowest BCUT2D eigenvalue weighted by Gasteiger charge is -2.32. The summed E-state index contributed by atoms with van der Waals surface area (Å²) in [5.74, 6) is -0.0236. The summed E-state index contributed by atoms with van der Waals surface area (Å²) in [7, 11) is 0. The van der Waals surface area contributed by atoms with E-state index in [-0.39, 0.29) is 29.8 Å². The molecule has 5 rings (SSSR count). The van der Waals surface area contributed by atoms with Crippen LogP contribution in [-0.2, 0) is 16.6 Å². The number of aliphatic hydroxyl groups excluding tert-OH is 2. The minimum atomic E-state index is -0.848. The highest BCUT2D eigenvalue weighted by Crippen LogP contribution is 2.50. The number of rotatable bonds is 19. The van der Waals surface area contributed by atoms with Crippen LogP contribution in [-0.4, -0.2) is 52.3 Å². The number of ketones is 1. The third-order valence-corrected chi connectivity index (χ3v) is 10.7. The number of aliphatic imine (C=N–C) groups is 1. The minimum Gasteiger partial charge on any atom is -0.504 e. The molecule has 0 radical (unpaired) electrons. The second-order valence-corrected chi connectivity index (χ2v) is 14.4. The van der Waals surface area contributed by atoms with Gasteiger partial charge in [-0.15, -0.1) is 0 Å². The molecular weight excluding hydrogens is 616 g/mol. The van der Waals surface area contributed by atoms with E-state index in [2.05, 4.69) is 37.5 Å². The fraction of sp³-hybridized carbons (Fsp3) is 0.550. The van der Waals surface area contributed by atoms with Crippen molar-refractivity contribution in [3.63, 3.8) is 0 Å². The number of hydrogen-bond acceptors (Lipinski definition) is 8. The number of unbranched alkanes of at least 4 members (excludes halogenated alkanes) is 2. The number of carbonyl (C=O) groups is 1. The van der Waals surface area contributed by atoms with Gasteiger partial charge in [-0.3, -0.25) is 14.7 Å². The Hall–Kier alpha value is -3.34. The van der Waals surface area contributed by atoms with Gasteiger partial charge in [0.05, 0.1) is 23.9 Å². The zero-order chi connectivity index (χ0) is 35.0. The Balaban J connectivity index is 1.22. The predicted molar refractivity (Wildman–Crippen MR) is 193 cm³/mol. The molecule has 1 saturated carbocycles. The minimum absolute atomic E-state index is 0.0183. The number of phenolic OH excluding ortho intramolecular Hbond substituents is 1. The van der Waals surface area contributed by atoms with Gasteiger partial charge in [0, 0.05) is 24.0 Å². The van der Waals surface area contributed by atoms with Crippen LogP contribution in [0.1, 0.15) is 114 Å². The third-order valence-electron chi connectivity index (χ3n) is 10.7. The number of aryl methyl sites for hydroxylation is 1. The van der Waals surface area contributed by atoms with Crippen molar-refractivity contribution in [1.82, 2.24) is 0 Å². The van der Waals surface area contributed by atoms with Gasteiger partial charge < -0.3 is 31.5 Å². The summed E-state index contributed by atoms with van der Waals surface area (Å²) < 4.78 is 6.18. The Morgan fingerprint density at radius 1 is 1.04 bits per heavy atom. The van der Waals surface area contributed by atoms with Gasteiger partial charge >= 0.3 is 0 Å². The summed E-state index contributed by atoms with van der Waals surface area (Å²) in [6, 6.07) is 13.6. The highest BCUT2D eigenvalue weighted by molar-refractivity contribution is 6.08. The Bertz CT molecular complexity index is 1530. The molecule has 2 aliphatic heterocycles. The lowest BCUT2D eigenvalue weighted by atomic mass is 9.70. The molecule has 266 valence electrons. The number of phenols is 1. The van der Waals surface area contributed by atoms with Crippen LogP contribution in [0.2, 0.25) is 0 Å². The van der Waals surface area contributed by atoms with Gasteiger partial charge in [-0.2, -0.15) is 0 Å². The SMILES string of the molecule is CCCCCC(C(=O)CCc1ccc(O)c(OC[NH+]2C=C3C(C4(c5cccc(C(N)N)c5)CCCC4)=CN=C3C2)c1)C(O)CC(O)CCC. The number of nitrogens with two attached hydrogens (primary N) is 2. The number of Topliss-reactive ketones (excluding diaryl/α,β-unsaturated/α-hetero) is 1. The number of nitrogens with zero attached hydrogens (tertiary/aromatic N) is 1. The van der Waals surface area contributed by atoms with Crippen molar-refractivity contribution >= 4 is 11.5 Å². The summed E-state index contributed by atoms with van der Waals surface area (Å²) in [4.78, 5) is 19.3. The molecule has 2 heterocycles. The lowest BCUT2D eigenvalue weighted by molar-refractivity contribution is -0.851. The molecule has 1 fully saturated rings. The molecule has 8 N–H and O–H groups in total. The van der Waals surface area contributed by atoms with E-state index in [9.17, 15) is 20.1 Å². The number of benzene rings is 2. The van der Waals surface area contributed by atoms with E-state index in [4.69, 9.17) is 21.2 Å². The van der Waals surface area contributed by atoms with Crippen LogP contribution in [0, 0.1) is 5.92 Å². The van der Waals surface area contributed by atoms with E-state index in [1.807, 2.05) is 25.1 Å². The van der Waals surface area contributed by atoms with Crippen LogP contribution in [0.4, 0.5) is 0 Å². The molecule has 0 aromatic heterocycles.